The summed E-state index contributed by atoms with van der Waals surface area (Å²) in [7, 11) is 1.59. The van der Waals surface area contributed by atoms with E-state index in [1.54, 1.807) is 31.4 Å². The number of ketones is 1. The molecule has 3 N–H and O–H groups in total. The summed E-state index contributed by atoms with van der Waals surface area (Å²) in [6, 6.07) is 6.70. The van der Waals surface area contributed by atoms with E-state index in [1.165, 1.54) is 6.08 Å². The van der Waals surface area contributed by atoms with E-state index in [0.29, 0.717) is 24.4 Å². The lowest BCUT2D eigenvalue weighted by molar-refractivity contribution is -0.121. The van der Waals surface area contributed by atoms with Crippen LogP contribution in [-0.4, -0.2) is 24.8 Å². The number of hydrogen-bond donors (Lipinski definition) is 2. The number of carbonyl (C=O) groups excluding carboxylic acids is 2. The van der Waals surface area contributed by atoms with Crippen molar-refractivity contribution in [3.8, 4) is 5.75 Å². The Morgan fingerprint density at radius 2 is 1.88 bits per heavy atom. The van der Waals surface area contributed by atoms with E-state index in [2.05, 4.69) is 19.2 Å². The minimum Gasteiger partial charge on any atom is -0.497 e. The van der Waals surface area contributed by atoms with E-state index >= 15 is 0 Å². The van der Waals surface area contributed by atoms with Crippen molar-refractivity contribution in [2.24, 2.45) is 17.6 Å². The number of hydrogen-bond acceptors (Lipinski definition) is 4. The van der Waals surface area contributed by atoms with E-state index < -0.39 is 6.04 Å². The molecule has 0 heterocycles. The molecule has 0 radical (unpaired) electrons. The quantitative estimate of drug-likeness (QED) is 0.635. The standard InChI is InChI=1S/C20H30N2O3/c1-5-18(21)19(23)13-15(12-14(2)3)6-11-20(24)22-16-7-9-17(25-4)10-8-16/h6-11,14-15,18H,5,12-13,21H2,1-4H3,(H,22,24)/b11-6+/t15-,18+/m1/s1. The third kappa shape index (κ3) is 7.98. The van der Waals surface area contributed by atoms with Crippen molar-refractivity contribution in [3.05, 3.63) is 36.4 Å². The van der Waals surface area contributed by atoms with Crippen molar-refractivity contribution >= 4 is 17.4 Å². The molecule has 1 rings (SSSR count). The van der Waals surface area contributed by atoms with E-state index in [9.17, 15) is 9.59 Å². The average molecular weight is 346 g/mol. The van der Waals surface area contributed by atoms with Gasteiger partial charge in [-0.2, -0.15) is 0 Å². The number of methoxy groups -OCH3 is 1. The number of allylic oxidation sites excluding steroid dienone is 1. The molecule has 0 aromatic heterocycles. The van der Waals surface area contributed by atoms with Crippen LogP contribution in [-0.2, 0) is 9.59 Å². The van der Waals surface area contributed by atoms with Gasteiger partial charge in [0.2, 0.25) is 5.91 Å². The second kappa shape index (κ2) is 10.7. The highest BCUT2D eigenvalue weighted by Gasteiger charge is 2.17. The van der Waals surface area contributed by atoms with Gasteiger partial charge in [0, 0.05) is 12.1 Å². The Bertz CT molecular complexity index is 579. The maximum atomic E-state index is 12.1. The van der Waals surface area contributed by atoms with Crippen molar-refractivity contribution in [1.29, 1.82) is 0 Å². The molecule has 0 saturated carbocycles. The summed E-state index contributed by atoms with van der Waals surface area (Å²) in [6.45, 7) is 6.10. The Hall–Kier alpha value is -2.14. The number of Topliss-reactive ketones (excluding diaryl/α,β-unsaturated/α-hetero) is 1. The molecular weight excluding hydrogens is 316 g/mol. The van der Waals surface area contributed by atoms with Crippen LogP contribution in [0.5, 0.6) is 5.75 Å². The molecule has 1 amide bonds. The van der Waals surface area contributed by atoms with Crippen LogP contribution in [0.4, 0.5) is 5.69 Å². The summed E-state index contributed by atoms with van der Waals surface area (Å²) < 4.78 is 5.09. The highest BCUT2D eigenvalue weighted by atomic mass is 16.5. The molecule has 1 aromatic carbocycles. The van der Waals surface area contributed by atoms with E-state index in [1.807, 2.05) is 13.0 Å². The first kappa shape index (κ1) is 20.9. The van der Waals surface area contributed by atoms with Gasteiger partial charge in [0.05, 0.1) is 13.2 Å². The second-order valence-electron chi connectivity index (χ2n) is 6.65. The van der Waals surface area contributed by atoms with E-state index in [0.717, 1.165) is 12.2 Å². The Kier molecular flexibility index (Phi) is 8.92. The molecular formula is C20H30N2O3. The minimum absolute atomic E-state index is 0.0201. The lowest BCUT2D eigenvalue weighted by Gasteiger charge is -2.16. The van der Waals surface area contributed by atoms with Gasteiger partial charge >= 0.3 is 0 Å². The molecule has 1 aromatic rings. The Morgan fingerprint density at radius 1 is 1.24 bits per heavy atom. The SMILES string of the molecule is CC[C@H](N)C(=O)C[C@H](/C=C/C(=O)Nc1ccc(OC)cc1)CC(C)C. The van der Waals surface area contributed by atoms with Crippen LogP contribution in [0.1, 0.15) is 40.0 Å². The molecule has 0 unspecified atom stereocenters. The summed E-state index contributed by atoms with van der Waals surface area (Å²) in [6.07, 6.45) is 5.17. The van der Waals surface area contributed by atoms with Crippen LogP contribution in [0.3, 0.4) is 0 Å². The van der Waals surface area contributed by atoms with Crippen molar-refractivity contribution in [1.82, 2.24) is 0 Å². The van der Waals surface area contributed by atoms with Crippen molar-refractivity contribution in [2.45, 2.75) is 46.1 Å². The van der Waals surface area contributed by atoms with Crippen molar-refractivity contribution in [2.75, 3.05) is 12.4 Å². The first-order chi connectivity index (χ1) is 11.8. The first-order valence-corrected chi connectivity index (χ1v) is 8.77. The molecule has 2 atom stereocenters. The number of carbonyl (C=O) groups is 2. The average Bonchev–Trinajstić information content (AvgIpc) is 2.59. The number of anilines is 1. The van der Waals surface area contributed by atoms with Gasteiger partial charge in [-0.1, -0.05) is 26.8 Å². The van der Waals surface area contributed by atoms with Crippen LogP contribution < -0.4 is 15.8 Å². The van der Waals surface area contributed by atoms with Gasteiger partial charge in [-0.25, -0.2) is 0 Å². The summed E-state index contributed by atoms with van der Waals surface area (Å²) in [5, 5.41) is 2.80. The number of rotatable bonds is 10. The summed E-state index contributed by atoms with van der Waals surface area (Å²) in [5.74, 6) is 1.02. The molecule has 5 heteroatoms. The molecule has 0 aliphatic rings. The van der Waals surface area contributed by atoms with Crippen molar-refractivity contribution < 1.29 is 14.3 Å². The number of benzene rings is 1. The smallest absolute Gasteiger partial charge is 0.248 e. The van der Waals surface area contributed by atoms with Crippen LogP contribution >= 0.6 is 0 Å². The van der Waals surface area contributed by atoms with E-state index in [4.69, 9.17) is 10.5 Å². The fraction of sp³-hybridized carbons (Fsp3) is 0.500. The monoisotopic (exact) mass is 346 g/mol. The fourth-order valence-electron chi connectivity index (χ4n) is 2.55. The molecule has 0 aliphatic heterocycles. The normalized spacial score (nSPS) is 13.7. The Labute approximate surface area is 150 Å². The zero-order valence-electron chi connectivity index (χ0n) is 15.6. The van der Waals surface area contributed by atoms with Gasteiger partial charge in [0.15, 0.2) is 0 Å². The number of nitrogens with one attached hydrogen (secondary N) is 1. The zero-order valence-corrected chi connectivity index (χ0v) is 15.6. The maximum Gasteiger partial charge on any atom is 0.248 e. The second-order valence-corrected chi connectivity index (χ2v) is 6.65. The summed E-state index contributed by atoms with van der Waals surface area (Å²) in [4.78, 5) is 24.2. The largest absolute Gasteiger partial charge is 0.497 e. The van der Waals surface area contributed by atoms with Crippen molar-refractivity contribution in [3.63, 3.8) is 0 Å². The Balaban J connectivity index is 2.66. The third-order valence-corrected chi connectivity index (χ3v) is 3.97. The van der Waals surface area contributed by atoms with Crippen LogP contribution in [0.2, 0.25) is 0 Å². The number of ether oxygens (including phenoxy) is 1. The van der Waals surface area contributed by atoms with Gasteiger partial charge in [-0.3, -0.25) is 9.59 Å². The molecule has 0 aliphatic carbocycles. The highest BCUT2D eigenvalue weighted by molar-refractivity contribution is 5.99. The van der Waals surface area contributed by atoms with Gasteiger partial charge in [0.25, 0.3) is 0 Å². The summed E-state index contributed by atoms with van der Waals surface area (Å²) >= 11 is 0. The molecule has 0 fully saturated rings. The van der Waals surface area contributed by atoms with Crippen LogP contribution in [0.25, 0.3) is 0 Å². The number of amides is 1. The number of nitrogens with two attached hydrogens (primary N) is 1. The summed E-state index contributed by atoms with van der Waals surface area (Å²) in [5.41, 5.74) is 6.51. The zero-order chi connectivity index (χ0) is 18.8. The predicted octanol–water partition coefficient (Wildman–Crippen LogP) is 3.55. The topological polar surface area (TPSA) is 81.4 Å². The lowest BCUT2D eigenvalue weighted by Crippen LogP contribution is -2.31. The lowest BCUT2D eigenvalue weighted by atomic mass is 9.90. The highest BCUT2D eigenvalue weighted by Crippen LogP contribution is 2.19. The molecule has 0 spiro atoms. The molecule has 0 saturated heterocycles. The Morgan fingerprint density at radius 3 is 2.40 bits per heavy atom. The van der Waals surface area contributed by atoms with E-state index in [-0.39, 0.29) is 17.6 Å². The first-order valence-electron chi connectivity index (χ1n) is 8.77. The minimum atomic E-state index is -0.420. The fourth-order valence-corrected chi connectivity index (χ4v) is 2.55. The predicted molar refractivity (Wildman–Crippen MR) is 102 cm³/mol. The molecule has 0 bridgehead atoms. The van der Waals surface area contributed by atoms with Gasteiger partial charge in [0.1, 0.15) is 11.5 Å². The van der Waals surface area contributed by atoms with Gasteiger partial charge in [-0.05, 0) is 55.0 Å². The third-order valence-electron chi connectivity index (χ3n) is 3.97. The molecule has 5 nitrogen and oxygen atoms in total. The van der Waals surface area contributed by atoms with Gasteiger partial charge < -0.3 is 15.8 Å². The maximum absolute atomic E-state index is 12.1. The van der Waals surface area contributed by atoms with Gasteiger partial charge in [-0.15, -0.1) is 0 Å². The molecule has 138 valence electrons. The molecule has 25 heavy (non-hydrogen) atoms. The van der Waals surface area contributed by atoms with Crippen LogP contribution in [0, 0.1) is 11.8 Å². The van der Waals surface area contributed by atoms with Crippen LogP contribution in [0.15, 0.2) is 36.4 Å².